The van der Waals surface area contributed by atoms with Gasteiger partial charge in [-0.15, -0.1) is 0 Å². The fourth-order valence-corrected chi connectivity index (χ4v) is 1.26. The molecule has 0 aromatic rings. The van der Waals surface area contributed by atoms with Crippen molar-refractivity contribution in [3.8, 4) is 0 Å². The van der Waals surface area contributed by atoms with E-state index in [2.05, 4.69) is 5.16 Å². The van der Waals surface area contributed by atoms with Gasteiger partial charge in [0, 0.05) is 6.42 Å². The topological polar surface area (TPSA) is 61.7 Å². The molecule has 5 heteroatoms. The second-order valence-electron chi connectivity index (χ2n) is 2.75. The summed E-state index contributed by atoms with van der Waals surface area (Å²) in [4.78, 5) is 4.81. The van der Waals surface area contributed by atoms with Crippen LogP contribution in [0.5, 0.6) is 0 Å². The number of oxime groups is 1. The molecule has 0 saturated heterocycles. The summed E-state index contributed by atoms with van der Waals surface area (Å²) >= 11 is -2.21. The SMILES string of the molecule is CC1(C)CC(S(=O)[O-])=NO1. The van der Waals surface area contributed by atoms with Crippen LogP contribution < -0.4 is 0 Å². The van der Waals surface area contributed by atoms with Gasteiger partial charge < -0.3 is 9.39 Å². The molecule has 0 aromatic carbocycles. The zero-order valence-electron chi connectivity index (χ0n) is 5.79. The quantitative estimate of drug-likeness (QED) is 0.484. The molecule has 0 amide bonds. The lowest BCUT2D eigenvalue weighted by atomic mass is 10.1. The summed E-state index contributed by atoms with van der Waals surface area (Å²) in [5, 5.41) is 3.49. The Labute approximate surface area is 61.5 Å². The average Bonchev–Trinajstić information content (AvgIpc) is 2.10. The third kappa shape index (κ3) is 1.54. The molecule has 4 nitrogen and oxygen atoms in total. The van der Waals surface area contributed by atoms with Crippen molar-refractivity contribution in [3.05, 3.63) is 0 Å². The lowest BCUT2D eigenvalue weighted by Crippen LogP contribution is -2.20. The van der Waals surface area contributed by atoms with Crippen LogP contribution in [-0.2, 0) is 15.9 Å². The molecule has 0 aliphatic carbocycles. The van der Waals surface area contributed by atoms with Gasteiger partial charge in [-0.2, -0.15) is 0 Å². The van der Waals surface area contributed by atoms with Crippen LogP contribution in [0.1, 0.15) is 20.3 Å². The summed E-state index contributed by atoms with van der Waals surface area (Å²) < 4.78 is 20.6. The van der Waals surface area contributed by atoms with Gasteiger partial charge in [0.2, 0.25) is 0 Å². The maximum absolute atomic E-state index is 10.3. The third-order valence-corrected chi connectivity index (χ3v) is 1.77. The minimum Gasteiger partial charge on any atom is -0.767 e. The van der Waals surface area contributed by atoms with Gasteiger partial charge in [0.25, 0.3) is 0 Å². The molecule has 1 rings (SSSR count). The fourth-order valence-electron chi connectivity index (χ4n) is 0.693. The second-order valence-corrected chi connectivity index (χ2v) is 3.69. The predicted molar refractivity (Wildman–Crippen MR) is 36.1 cm³/mol. The van der Waals surface area contributed by atoms with E-state index >= 15 is 0 Å². The van der Waals surface area contributed by atoms with E-state index in [1.165, 1.54) is 0 Å². The summed E-state index contributed by atoms with van der Waals surface area (Å²) in [6, 6.07) is 0. The Bertz CT molecular complexity index is 199. The van der Waals surface area contributed by atoms with Crippen molar-refractivity contribution in [2.45, 2.75) is 25.9 Å². The van der Waals surface area contributed by atoms with Gasteiger partial charge in [0.1, 0.15) is 10.6 Å². The number of rotatable bonds is 0. The van der Waals surface area contributed by atoms with E-state index < -0.39 is 16.7 Å². The first-order valence-electron chi connectivity index (χ1n) is 2.85. The zero-order valence-corrected chi connectivity index (χ0v) is 6.60. The van der Waals surface area contributed by atoms with Crippen molar-refractivity contribution in [3.63, 3.8) is 0 Å². The molecular weight excluding hydrogens is 154 g/mol. The van der Waals surface area contributed by atoms with E-state index in [0.717, 1.165) is 0 Å². The molecule has 1 aliphatic heterocycles. The summed E-state index contributed by atoms with van der Waals surface area (Å²) in [6.07, 6.45) is 0.364. The Morgan fingerprint density at radius 1 is 1.80 bits per heavy atom. The Kier molecular flexibility index (Phi) is 1.78. The van der Waals surface area contributed by atoms with Gasteiger partial charge in [-0.1, -0.05) is 5.16 Å². The Balaban J connectivity index is 2.64. The van der Waals surface area contributed by atoms with Gasteiger partial charge in [-0.3, -0.25) is 4.21 Å². The molecule has 0 aromatic heterocycles. The molecule has 0 radical (unpaired) electrons. The highest BCUT2D eigenvalue weighted by Gasteiger charge is 2.29. The van der Waals surface area contributed by atoms with Crippen LogP contribution in [0.2, 0.25) is 0 Å². The third-order valence-electron chi connectivity index (χ3n) is 1.16. The van der Waals surface area contributed by atoms with Gasteiger partial charge in [0.15, 0.2) is 0 Å². The molecule has 0 bridgehead atoms. The average molecular weight is 162 g/mol. The van der Waals surface area contributed by atoms with Gasteiger partial charge in [0.05, 0.1) is 0 Å². The normalized spacial score (nSPS) is 25.3. The molecule has 1 unspecified atom stereocenters. The Morgan fingerprint density at radius 2 is 2.40 bits per heavy atom. The van der Waals surface area contributed by atoms with Gasteiger partial charge in [-0.05, 0) is 24.9 Å². The molecule has 58 valence electrons. The maximum atomic E-state index is 10.3. The van der Waals surface area contributed by atoms with Gasteiger partial charge >= 0.3 is 0 Å². The van der Waals surface area contributed by atoms with E-state index in [1.54, 1.807) is 13.8 Å². The molecule has 10 heavy (non-hydrogen) atoms. The fraction of sp³-hybridized carbons (Fsp3) is 0.800. The Hall–Kier alpha value is -0.420. The zero-order chi connectivity index (χ0) is 7.78. The molecular formula is C5H8NO3S-. The van der Waals surface area contributed by atoms with Crippen LogP contribution >= 0.6 is 0 Å². The predicted octanol–water partition coefficient (Wildman–Crippen LogP) is 0.378. The van der Waals surface area contributed by atoms with Crippen molar-refractivity contribution in [1.82, 2.24) is 0 Å². The van der Waals surface area contributed by atoms with E-state index in [9.17, 15) is 8.76 Å². The van der Waals surface area contributed by atoms with E-state index in [0.29, 0.717) is 6.42 Å². The largest absolute Gasteiger partial charge is 0.767 e. The van der Waals surface area contributed by atoms with Crippen molar-refractivity contribution in [1.29, 1.82) is 0 Å². The lowest BCUT2D eigenvalue weighted by molar-refractivity contribution is 0.0123. The highest BCUT2D eigenvalue weighted by molar-refractivity contribution is 7.95. The standard InChI is InChI=1S/C5H9NO3S/c1-5(2)3-4(6-9-5)10(7)8/h3H2,1-2H3,(H,7,8)/p-1. The summed E-state index contributed by atoms with van der Waals surface area (Å²) in [6.45, 7) is 3.58. The minimum absolute atomic E-state index is 0.102. The number of nitrogens with zero attached hydrogens (tertiary/aromatic N) is 1. The summed E-state index contributed by atoms with van der Waals surface area (Å²) in [5.41, 5.74) is -0.449. The summed E-state index contributed by atoms with van der Waals surface area (Å²) in [5.74, 6) is 0. The first kappa shape index (κ1) is 7.68. The number of hydrogen-bond acceptors (Lipinski definition) is 4. The highest BCUT2D eigenvalue weighted by Crippen LogP contribution is 2.22. The molecule has 1 atom stereocenters. The van der Waals surface area contributed by atoms with Crippen molar-refractivity contribution in [2.24, 2.45) is 5.16 Å². The van der Waals surface area contributed by atoms with E-state index in [-0.39, 0.29) is 5.04 Å². The van der Waals surface area contributed by atoms with Crippen LogP contribution in [0.25, 0.3) is 0 Å². The first-order valence-corrected chi connectivity index (χ1v) is 3.93. The van der Waals surface area contributed by atoms with Crippen LogP contribution in [0.3, 0.4) is 0 Å². The van der Waals surface area contributed by atoms with Crippen molar-refractivity contribution in [2.75, 3.05) is 0 Å². The van der Waals surface area contributed by atoms with Gasteiger partial charge in [-0.25, -0.2) is 0 Å². The van der Waals surface area contributed by atoms with Crippen molar-refractivity contribution < 1.29 is 13.6 Å². The smallest absolute Gasteiger partial charge is 0.138 e. The summed E-state index contributed by atoms with van der Waals surface area (Å²) in [7, 11) is 0. The molecule has 0 saturated carbocycles. The second kappa shape index (κ2) is 2.32. The van der Waals surface area contributed by atoms with Crippen LogP contribution in [0.4, 0.5) is 0 Å². The monoisotopic (exact) mass is 162 g/mol. The maximum Gasteiger partial charge on any atom is 0.138 e. The first-order chi connectivity index (χ1) is 4.51. The number of hydrogen-bond donors (Lipinski definition) is 0. The molecule has 0 fully saturated rings. The highest BCUT2D eigenvalue weighted by atomic mass is 32.2. The van der Waals surface area contributed by atoms with E-state index in [4.69, 9.17) is 4.84 Å². The molecule has 1 aliphatic rings. The van der Waals surface area contributed by atoms with Crippen molar-refractivity contribution >= 4 is 16.1 Å². The lowest BCUT2D eigenvalue weighted by Gasteiger charge is -2.13. The molecule has 0 spiro atoms. The molecule has 1 heterocycles. The van der Waals surface area contributed by atoms with Crippen LogP contribution in [0.15, 0.2) is 5.16 Å². The minimum atomic E-state index is -2.21. The Morgan fingerprint density at radius 3 is 2.60 bits per heavy atom. The van der Waals surface area contributed by atoms with Crippen LogP contribution in [-0.4, -0.2) is 19.4 Å². The molecule has 0 N–H and O–H groups in total. The van der Waals surface area contributed by atoms with E-state index in [1.807, 2.05) is 0 Å². The van der Waals surface area contributed by atoms with Crippen LogP contribution in [0, 0.1) is 0 Å².